The maximum atomic E-state index is 13.1. The zero-order valence-electron chi connectivity index (χ0n) is 18.5. The summed E-state index contributed by atoms with van der Waals surface area (Å²) in [5.74, 6) is -1.08. The van der Waals surface area contributed by atoms with Gasteiger partial charge < -0.3 is 9.47 Å². The normalized spacial score (nSPS) is 14.5. The van der Waals surface area contributed by atoms with Crippen molar-refractivity contribution in [3.63, 3.8) is 0 Å². The van der Waals surface area contributed by atoms with Crippen LogP contribution in [0.2, 0.25) is 5.02 Å². The first-order valence-electron chi connectivity index (χ1n) is 10.6. The van der Waals surface area contributed by atoms with Gasteiger partial charge in [0.2, 0.25) is 0 Å². The van der Waals surface area contributed by atoms with Crippen molar-refractivity contribution in [1.82, 2.24) is 4.90 Å². The minimum atomic E-state index is -0.666. The molecule has 6 nitrogen and oxygen atoms in total. The molecule has 3 aromatic rings. The molecule has 0 unspecified atom stereocenters. The van der Waals surface area contributed by atoms with Gasteiger partial charge in [0.25, 0.3) is 11.1 Å². The number of carbonyl (C=O) groups is 3. The number of carbonyl (C=O) groups excluding carboxylic acids is 3. The zero-order valence-corrected chi connectivity index (χ0v) is 20.1. The minimum Gasteiger partial charge on any atom is -0.490 e. The second-order valence-corrected chi connectivity index (χ2v) is 8.86. The highest BCUT2D eigenvalue weighted by Gasteiger charge is 2.35. The fraction of sp³-hybridized carbons (Fsp3) is 0.115. The third kappa shape index (κ3) is 5.90. The van der Waals surface area contributed by atoms with Gasteiger partial charge in [-0.2, -0.15) is 0 Å². The van der Waals surface area contributed by atoms with Crippen LogP contribution in [0.1, 0.15) is 28.4 Å². The van der Waals surface area contributed by atoms with Gasteiger partial charge in [0.15, 0.2) is 11.5 Å². The summed E-state index contributed by atoms with van der Waals surface area (Å²) in [4.78, 5) is 39.2. The molecule has 1 heterocycles. The number of hydrogen-bond acceptors (Lipinski definition) is 6. The molecular formula is C26H19ClFNO5S. The highest BCUT2D eigenvalue weighted by molar-refractivity contribution is 8.18. The van der Waals surface area contributed by atoms with E-state index >= 15 is 0 Å². The fourth-order valence-corrected chi connectivity index (χ4v) is 4.37. The number of esters is 1. The highest BCUT2D eigenvalue weighted by Crippen LogP contribution is 2.35. The van der Waals surface area contributed by atoms with Gasteiger partial charge in [-0.05, 0) is 84.4 Å². The van der Waals surface area contributed by atoms with Crippen molar-refractivity contribution < 1.29 is 28.2 Å². The predicted octanol–water partition coefficient (Wildman–Crippen LogP) is 6.33. The molecule has 4 rings (SSSR count). The van der Waals surface area contributed by atoms with E-state index in [1.165, 1.54) is 30.3 Å². The third-order valence-corrected chi connectivity index (χ3v) is 6.09. The first-order valence-corrected chi connectivity index (χ1v) is 11.8. The Morgan fingerprint density at radius 2 is 1.83 bits per heavy atom. The van der Waals surface area contributed by atoms with Crippen molar-refractivity contribution in [3.8, 4) is 11.5 Å². The summed E-state index contributed by atoms with van der Waals surface area (Å²) < 4.78 is 24.2. The quantitative estimate of drug-likeness (QED) is 0.209. The molecule has 0 radical (unpaired) electrons. The molecule has 1 saturated heterocycles. The van der Waals surface area contributed by atoms with Crippen LogP contribution in [0.25, 0.3) is 6.08 Å². The Bertz CT molecular complexity index is 1330. The number of imide groups is 1. The van der Waals surface area contributed by atoms with Crippen LogP contribution in [0.4, 0.5) is 9.18 Å². The van der Waals surface area contributed by atoms with Gasteiger partial charge in [-0.3, -0.25) is 14.5 Å². The van der Waals surface area contributed by atoms with Crippen LogP contribution in [-0.2, 0) is 11.3 Å². The monoisotopic (exact) mass is 511 g/mol. The molecule has 178 valence electrons. The predicted molar refractivity (Wildman–Crippen MR) is 132 cm³/mol. The molecule has 0 atom stereocenters. The van der Waals surface area contributed by atoms with Crippen molar-refractivity contribution in [2.24, 2.45) is 0 Å². The van der Waals surface area contributed by atoms with Crippen LogP contribution < -0.4 is 9.47 Å². The van der Waals surface area contributed by atoms with Crippen LogP contribution >= 0.6 is 23.4 Å². The molecule has 1 aliphatic rings. The fourth-order valence-electron chi connectivity index (χ4n) is 3.32. The lowest BCUT2D eigenvalue weighted by molar-refractivity contribution is -0.123. The van der Waals surface area contributed by atoms with Gasteiger partial charge >= 0.3 is 5.97 Å². The Labute approximate surface area is 210 Å². The number of nitrogens with zero attached hydrogens (tertiary/aromatic N) is 1. The van der Waals surface area contributed by atoms with E-state index in [2.05, 4.69) is 0 Å². The van der Waals surface area contributed by atoms with Crippen molar-refractivity contribution in [2.75, 3.05) is 6.61 Å². The molecule has 2 amide bonds. The first kappa shape index (κ1) is 24.5. The maximum Gasteiger partial charge on any atom is 0.343 e. The zero-order chi connectivity index (χ0) is 24.9. The average molecular weight is 512 g/mol. The molecule has 1 aliphatic heterocycles. The van der Waals surface area contributed by atoms with Crippen LogP contribution in [0, 0.1) is 5.82 Å². The lowest BCUT2D eigenvalue weighted by atomic mass is 10.1. The van der Waals surface area contributed by atoms with Crippen LogP contribution in [0.5, 0.6) is 11.5 Å². The number of thioether (sulfide) groups is 1. The molecule has 0 aliphatic carbocycles. The largest absolute Gasteiger partial charge is 0.490 e. The number of halogens is 2. The Hall–Kier alpha value is -3.62. The Morgan fingerprint density at radius 1 is 1.06 bits per heavy atom. The SMILES string of the molecule is CCOc1cc(/C=C2\SC(=O)N(Cc3cccc(Cl)c3)C2=O)ccc1OC(=O)c1ccc(F)cc1. The number of amides is 2. The van der Waals surface area contributed by atoms with Crippen LogP contribution in [0.3, 0.4) is 0 Å². The van der Waals surface area contributed by atoms with E-state index in [0.29, 0.717) is 17.2 Å². The lowest BCUT2D eigenvalue weighted by Gasteiger charge is -2.13. The molecule has 0 N–H and O–H groups in total. The van der Waals surface area contributed by atoms with Crippen molar-refractivity contribution in [3.05, 3.63) is 99.2 Å². The molecule has 3 aromatic carbocycles. The van der Waals surface area contributed by atoms with Gasteiger partial charge in [0, 0.05) is 5.02 Å². The number of benzene rings is 3. The van der Waals surface area contributed by atoms with Gasteiger partial charge in [-0.25, -0.2) is 9.18 Å². The van der Waals surface area contributed by atoms with Gasteiger partial charge in [0.1, 0.15) is 5.82 Å². The van der Waals surface area contributed by atoms with Crippen molar-refractivity contribution in [2.45, 2.75) is 13.5 Å². The number of hydrogen-bond donors (Lipinski definition) is 0. The van der Waals surface area contributed by atoms with E-state index in [4.69, 9.17) is 21.1 Å². The van der Waals surface area contributed by atoms with Crippen molar-refractivity contribution in [1.29, 1.82) is 0 Å². The second kappa shape index (κ2) is 10.8. The van der Waals surface area contributed by atoms with Gasteiger partial charge in [-0.15, -0.1) is 0 Å². The molecular weight excluding hydrogens is 493 g/mol. The average Bonchev–Trinajstić information content (AvgIpc) is 3.08. The summed E-state index contributed by atoms with van der Waals surface area (Å²) in [5, 5.41) is 0.143. The van der Waals surface area contributed by atoms with E-state index in [0.717, 1.165) is 22.2 Å². The van der Waals surface area contributed by atoms with Crippen LogP contribution in [0.15, 0.2) is 71.6 Å². The van der Waals surface area contributed by atoms with E-state index in [9.17, 15) is 18.8 Å². The van der Waals surface area contributed by atoms with Gasteiger partial charge in [-0.1, -0.05) is 29.8 Å². The Balaban J connectivity index is 1.53. The molecule has 0 spiro atoms. The smallest absolute Gasteiger partial charge is 0.343 e. The summed E-state index contributed by atoms with van der Waals surface area (Å²) in [7, 11) is 0. The van der Waals surface area contributed by atoms with Gasteiger partial charge in [0.05, 0.1) is 23.6 Å². The number of rotatable bonds is 7. The maximum absolute atomic E-state index is 13.1. The highest BCUT2D eigenvalue weighted by atomic mass is 35.5. The van der Waals surface area contributed by atoms with Crippen molar-refractivity contribution >= 4 is 46.6 Å². The molecule has 9 heteroatoms. The molecule has 0 aromatic heterocycles. The Kier molecular flexibility index (Phi) is 7.53. The number of ether oxygens (including phenoxy) is 2. The van der Waals surface area contributed by atoms with Crippen LogP contribution in [-0.4, -0.2) is 28.6 Å². The molecule has 35 heavy (non-hydrogen) atoms. The van der Waals surface area contributed by atoms with E-state index < -0.39 is 17.7 Å². The van der Waals surface area contributed by atoms with E-state index in [1.807, 2.05) is 0 Å². The third-order valence-electron chi connectivity index (χ3n) is 4.95. The molecule has 1 fully saturated rings. The second-order valence-electron chi connectivity index (χ2n) is 7.43. The topological polar surface area (TPSA) is 72.9 Å². The summed E-state index contributed by atoms with van der Waals surface area (Å²) in [5.41, 5.74) is 1.52. The Morgan fingerprint density at radius 3 is 2.54 bits per heavy atom. The van der Waals surface area contributed by atoms with E-state index in [1.54, 1.807) is 49.4 Å². The molecule has 0 saturated carbocycles. The summed E-state index contributed by atoms with van der Waals surface area (Å²) in [6.45, 7) is 2.20. The molecule has 0 bridgehead atoms. The standard InChI is InChI=1S/C26H19ClFNO5S/c1-2-33-22-13-16(6-11-21(22)34-25(31)18-7-9-20(28)10-8-18)14-23-24(30)29(26(32)35-23)15-17-4-3-5-19(27)12-17/h3-14H,2,15H2,1H3/b23-14-. The first-order chi connectivity index (χ1) is 16.8. The summed E-state index contributed by atoms with van der Waals surface area (Å²) in [6, 6.07) is 16.7. The summed E-state index contributed by atoms with van der Waals surface area (Å²) in [6.07, 6.45) is 1.58. The lowest BCUT2D eigenvalue weighted by Crippen LogP contribution is -2.27. The summed E-state index contributed by atoms with van der Waals surface area (Å²) >= 11 is 6.84. The van der Waals surface area contributed by atoms with E-state index in [-0.39, 0.29) is 33.8 Å². The minimum absolute atomic E-state index is 0.116.